The number of hydrogen-bond acceptors (Lipinski definition) is 3. The van der Waals surface area contributed by atoms with Crippen LogP contribution in [0.5, 0.6) is 0 Å². The molecule has 0 radical (unpaired) electrons. The normalized spacial score (nSPS) is 10.8. The van der Waals surface area contributed by atoms with Crippen LogP contribution < -0.4 is 5.32 Å². The first kappa shape index (κ1) is 16.8. The molecular weight excluding hydrogens is 340 g/mol. The van der Waals surface area contributed by atoms with Crippen molar-refractivity contribution >= 4 is 45.9 Å². The summed E-state index contributed by atoms with van der Waals surface area (Å²) in [6, 6.07) is 17.4. The quantitative estimate of drug-likeness (QED) is 0.629. The first-order chi connectivity index (χ1) is 11.6. The van der Waals surface area contributed by atoms with Gasteiger partial charge in [-0.25, -0.2) is 0 Å². The summed E-state index contributed by atoms with van der Waals surface area (Å²) in [5.41, 5.74) is 2.60. The molecule has 5 heteroatoms. The van der Waals surface area contributed by atoms with E-state index in [1.807, 2.05) is 61.5 Å². The molecule has 122 valence electrons. The number of para-hydroxylation sites is 1. The molecule has 0 saturated heterocycles. The molecule has 0 aliphatic rings. The number of aryl methyl sites for hydroxylation is 1. The van der Waals surface area contributed by atoms with E-state index in [9.17, 15) is 4.79 Å². The van der Waals surface area contributed by atoms with Gasteiger partial charge in [-0.15, -0.1) is 11.8 Å². The highest BCUT2D eigenvalue weighted by Gasteiger charge is 2.08. The molecule has 3 nitrogen and oxygen atoms in total. The Hall–Kier alpha value is -2.04. The van der Waals surface area contributed by atoms with E-state index in [4.69, 9.17) is 11.6 Å². The van der Waals surface area contributed by atoms with Crippen LogP contribution in [0.1, 0.15) is 12.1 Å². The van der Waals surface area contributed by atoms with Crippen LogP contribution in [0.4, 0.5) is 5.69 Å². The van der Waals surface area contributed by atoms with Gasteiger partial charge in [-0.2, -0.15) is 0 Å². The number of anilines is 1. The predicted octanol–water partition coefficient (Wildman–Crippen LogP) is 5.32. The summed E-state index contributed by atoms with van der Waals surface area (Å²) in [4.78, 5) is 17.8. The second-order valence-electron chi connectivity index (χ2n) is 5.43. The Morgan fingerprint density at radius 1 is 1.17 bits per heavy atom. The summed E-state index contributed by atoms with van der Waals surface area (Å²) < 4.78 is 0. The van der Waals surface area contributed by atoms with Crippen LogP contribution in [0.3, 0.4) is 0 Å². The van der Waals surface area contributed by atoms with E-state index in [0.29, 0.717) is 6.42 Å². The Morgan fingerprint density at radius 2 is 1.92 bits per heavy atom. The number of rotatable bonds is 5. The summed E-state index contributed by atoms with van der Waals surface area (Å²) in [6.45, 7) is 1.93. The summed E-state index contributed by atoms with van der Waals surface area (Å²) in [6.07, 6.45) is 0.447. The minimum absolute atomic E-state index is 0.00668. The molecule has 3 rings (SSSR count). The number of nitrogens with zero attached hydrogens (tertiary/aromatic N) is 1. The van der Waals surface area contributed by atoms with Crippen molar-refractivity contribution in [3.63, 3.8) is 0 Å². The van der Waals surface area contributed by atoms with Crippen LogP contribution in [0.25, 0.3) is 10.9 Å². The van der Waals surface area contributed by atoms with Gasteiger partial charge in [0.1, 0.15) is 0 Å². The lowest BCUT2D eigenvalue weighted by Gasteiger charge is -2.09. The number of carbonyl (C=O) groups excluding carboxylic acids is 1. The summed E-state index contributed by atoms with van der Waals surface area (Å²) in [5.74, 6) is 0.724. The third kappa shape index (κ3) is 4.28. The van der Waals surface area contributed by atoms with Gasteiger partial charge in [-0.1, -0.05) is 29.8 Å². The van der Waals surface area contributed by atoms with Gasteiger partial charge in [0.05, 0.1) is 11.2 Å². The summed E-state index contributed by atoms with van der Waals surface area (Å²) >= 11 is 7.51. The highest BCUT2D eigenvalue weighted by molar-refractivity contribution is 7.99. The Balaban J connectivity index is 1.62. The number of fused-ring (bicyclic) bond motifs is 1. The Kier molecular flexibility index (Phi) is 5.38. The Morgan fingerprint density at radius 3 is 2.71 bits per heavy atom. The standard InChI is InChI=1S/C19H17ClN2OS/c1-13-12-18(16-4-2-3-5-17(16)21-13)22-19(23)10-11-24-15-8-6-14(20)7-9-15/h2-9,12H,10-11H2,1H3,(H,21,22,23). The fourth-order valence-electron chi connectivity index (χ4n) is 2.42. The fraction of sp³-hybridized carbons (Fsp3) is 0.158. The van der Waals surface area contributed by atoms with E-state index in [-0.39, 0.29) is 5.91 Å². The fourth-order valence-corrected chi connectivity index (χ4v) is 3.39. The average molecular weight is 357 g/mol. The van der Waals surface area contributed by atoms with E-state index >= 15 is 0 Å². The van der Waals surface area contributed by atoms with E-state index in [2.05, 4.69) is 10.3 Å². The lowest BCUT2D eigenvalue weighted by Crippen LogP contribution is -2.12. The Labute approximate surface area is 150 Å². The molecule has 0 fully saturated rings. The first-order valence-corrected chi connectivity index (χ1v) is 9.03. The lowest BCUT2D eigenvalue weighted by atomic mass is 10.1. The number of pyridine rings is 1. The van der Waals surface area contributed by atoms with Gasteiger partial charge in [-0.3, -0.25) is 9.78 Å². The molecule has 0 aliphatic carbocycles. The molecule has 3 aromatic rings. The zero-order valence-electron chi connectivity index (χ0n) is 13.3. The SMILES string of the molecule is Cc1cc(NC(=O)CCSc2ccc(Cl)cc2)c2ccccc2n1. The van der Waals surface area contributed by atoms with Gasteiger partial charge in [0, 0.05) is 33.2 Å². The van der Waals surface area contributed by atoms with Crippen molar-refractivity contribution < 1.29 is 4.79 Å². The number of amides is 1. The number of hydrogen-bond donors (Lipinski definition) is 1. The minimum Gasteiger partial charge on any atom is -0.325 e. The molecule has 0 bridgehead atoms. The predicted molar refractivity (Wildman–Crippen MR) is 102 cm³/mol. The average Bonchev–Trinajstić information content (AvgIpc) is 2.56. The zero-order valence-corrected chi connectivity index (χ0v) is 14.8. The van der Waals surface area contributed by atoms with E-state index in [0.717, 1.165) is 38.0 Å². The molecule has 1 amide bonds. The van der Waals surface area contributed by atoms with E-state index in [1.165, 1.54) is 0 Å². The number of nitrogens with one attached hydrogen (secondary N) is 1. The third-order valence-corrected chi connectivity index (χ3v) is 4.80. The van der Waals surface area contributed by atoms with E-state index in [1.54, 1.807) is 11.8 Å². The van der Waals surface area contributed by atoms with Crippen molar-refractivity contribution in [2.45, 2.75) is 18.2 Å². The largest absolute Gasteiger partial charge is 0.325 e. The van der Waals surface area contributed by atoms with Crippen LogP contribution in [-0.2, 0) is 4.79 Å². The molecule has 0 aliphatic heterocycles. The molecule has 0 spiro atoms. The van der Waals surface area contributed by atoms with Crippen molar-refractivity contribution in [1.29, 1.82) is 0 Å². The van der Waals surface area contributed by atoms with Crippen molar-refractivity contribution in [2.24, 2.45) is 0 Å². The Bertz CT molecular complexity index is 865. The van der Waals surface area contributed by atoms with Crippen LogP contribution >= 0.6 is 23.4 Å². The maximum atomic E-state index is 12.2. The highest BCUT2D eigenvalue weighted by Crippen LogP contribution is 2.24. The maximum absolute atomic E-state index is 12.2. The number of aromatic nitrogens is 1. The number of benzene rings is 2. The molecule has 1 aromatic heterocycles. The molecule has 24 heavy (non-hydrogen) atoms. The molecule has 1 N–H and O–H groups in total. The minimum atomic E-state index is 0.00668. The van der Waals surface area contributed by atoms with Crippen molar-refractivity contribution in [3.8, 4) is 0 Å². The molecule has 0 saturated carbocycles. The van der Waals surface area contributed by atoms with Crippen molar-refractivity contribution in [3.05, 3.63) is 65.3 Å². The van der Waals surface area contributed by atoms with Gasteiger partial charge in [0.25, 0.3) is 0 Å². The van der Waals surface area contributed by atoms with Gasteiger partial charge in [0.15, 0.2) is 0 Å². The lowest BCUT2D eigenvalue weighted by molar-refractivity contribution is -0.115. The van der Waals surface area contributed by atoms with Crippen LogP contribution in [0, 0.1) is 6.92 Å². The third-order valence-electron chi connectivity index (χ3n) is 3.53. The second kappa shape index (κ2) is 7.69. The van der Waals surface area contributed by atoms with Gasteiger partial charge >= 0.3 is 0 Å². The van der Waals surface area contributed by atoms with E-state index < -0.39 is 0 Å². The first-order valence-electron chi connectivity index (χ1n) is 7.66. The second-order valence-corrected chi connectivity index (χ2v) is 7.03. The molecular formula is C19H17ClN2OS. The van der Waals surface area contributed by atoms with Crippen molar-refractivity contribution in [2.75, 3.05) is 11.1 Å². The monoisotopic (exact) mass is 356 g/mol. The van der Waals surface area contributed by atoms with Crippen molar-refractivity contribution in [1.82, 2.24) is 4.98 Å². The van der Waals surface area contributed by atoms with Crippen LogP contribution in [-0.4, -0.2) is 16.6 Å². The number of carbonyl (C=O) groups is 1. The van der Waals surface area contributed by atoms with Crippen LogP contribution in [0.2, 0.25) is 5.02 Å². The molecule has 1 heterocycles. The molecule has 2 aromatic carbocycles. The van der Waals surface area contributed by atoms with Crippen LogP contribution in [0.15, 0.2) is 59.5 Å². The van der Waals surface area contributed by atoms with Gasteiger partial charge in [0.2, 0.25) is 5.91 Å². The molecule has 0 unspecified atom stereocenters. The number of halogens is 1. The summed E-state index contributed by atoms with van der Waals surface area (Å²) in [5, 5.41) is 4.69. The zero-order chi connectivity index (χ0) is 16.9. The summed E-state index contributed by atoms with van der Waals surface area (Å²) in [7, 11) is 0. The topological polar surface area (TPSA) is 42.0 Å². The highest BCUT2D eigenvalue weighted by atomic mass is 35.5. The maximum Gasteiger partial charge on any atom is 0.225 e. The smallest absolute Gasteiger partial charge is 0.225 e. The molecule has 0 atom stereocenters. The number of thioether (sulfide) groups is 1. The van der Waals surface area contributed by atoms with Gasteiger partial charge in [-0.05, 0) is 43.3 Å². The van der Waals surface area contributed by atoms with Gasteiger partial charge < -0.3 is 5.32 Å².